The maximum absolute atomic E-state index is 12.3. The molecule has 7 nitrogen and oxygen atoms in total. The lowest BCUT2D eigenvalue weighted by Gasteiger charge is -2.15. The Morgan fingerprint density at radius 1 is 1.14 bits per heavy atom. The van der Waals surface area contributed by atoms with Crippen molar-refractivity contribution in [2.45, 2.75) is 26.3 Å². The molecular weight excluding hydrogens is 356 g/mol. The molecule has 2 aromatic carbocycles. The first-order valence-electron chi connectivity index (χ1n) is 9.18. The summed E-state index contributed by atoms with van der Waals surface area (Å²) in [6, 6.07) is 14.8. The van der Waals surface area contributed by atoms with E-state index in [9.17, 15) is 9.59 Å². The molecule has 2 amide bonds. The van der Waals surface area contributed by atoms with Gasteiger partial charge in [0.05, 0.1) is 6.54 Å². The highest BCUT2D eigenvalue weighted by Gasteiger charge is 2.21. The fourth-order valence-electron chi connectivity index (χ4n) is 3.12. The average molecular weight is 376 g/mol. The van der Waals surface area contributed by atoms with Crippen LogP contribution in [0.1, 0.15) is 34.7 Å². The van der Waals surface area contributed by atoms with Gasteiger partial charge in [-0.15, -0.1) is 0 Å². The molecule has 1 aliphatic heterocycles. The minimum absolute atomic E-state index is 0.123. The highest BCUT2D eigenvalue weighted by atomic mass is 16.5. The Morgan fingerprint density at radius 3 is 2.57 bits per heavy atom. The number of rotatable bonds is 5. The zero-order chi connectivity index (χ0) is 19.5. The molecule has 0 unspecified atom stereocenters. The molecule has 3 aromatic rings. The summed E-state index contributed by atoms with van der Waals surface area (Å²) in [6.07, 6.45) is 1.45. The summed E-state index contributed by atoms with van der Waals surface area (Å²) in [7, 11) is 0. The van der Waals surface area contributed by atoms with Crippen LogP contribution in [-0.2, 0) is 11.3 Å². The zero-order valence-electron chi connectivity index (χ0n) is 15.5. The van der Waals surface area contributed by atoms with Crippen LogP contribution in [-0.4, -0.2) is 28.5 Å². The highest BCUT2D eigenvalue weighted by molar-refractivity contribution is 5.97. The molecule has 1 fully saturated rings. The molecule has 0 spiro atoms. The third kappa shape index (κ3) is 3.78. The number of hydrogen-bond donors (Lipinski definition) is 1. The van der Waals surface area contributed by atoms with Gasteiger partial charge in [-0.1, -0.05) is 35.0 Å². The van der Waals surface area contributed by atoms with Crippen molar-refractivity contribution in [3.8, 4) is 11.4 Å². The third-order valence-electron chi connectivity index (χ3n) is 4.69. The summed E-state index contributed by atoms with van der Waals surface area (Å²) in [6.45, 7) is 2.88. The Morgan fingerprint density at radius 2 is 1.89 bits per heavy atom. The number of carbonyl (C=O) groups excluding carboxylic acids is 2. The van der Waals surface area contributed by atoms with Crippen LogP contribution in [0.3, 0.4) is 0 Å². The van der Waals surface area contributed by atoms with Crippen molar-refractivity contribution >= 4 is 17.5 Å². The fraction of sp³-hybridized carbons (Fsp3) is 0.238. The molecule has 0 aliphatic carbocycles. The Kier molecular flexibility index (Phi) is 4.89. The molecule has 142 valence electrons. The monoisotopic (exact) mass is 376 g/mol. The van der Waals surface area contributed by atoms with Gasteiger partial charge in [0.2, 0.25) is 17.6 Å². The normalized spacial score (nSPS) is 13.8. The maximum Gasteiger partial charge on any atom is 0.251 e. The van der Waals surface area contributed by atoms with E-state index in [-0.39, 0.29) is 18.4 Å². The number of nitrogens with one attached hydrogen (secondary N) is 1. The molecule has 1 aliphatic rings. The van der Waals surface area contributed by atoms with Crippen molar-refractivity contribution in [2.24, 2.45) is 0 Å². The van der Waals surface area contributed by atoms with E-state index in [1.54, 1.807) is 29.2 Å². The smallest absolute Gasteiger partial charge is 0.251 e. The molecule has 0 bridgehead atoms. The Bertz CT molecular complexity index is 993. The lowest BCUT2D eigenvalue weighted by Crippen LogP contribution is -2.25. The molecule has 4 rings (SSSR count). The molecule has 1 aromatic heterocycles. The van der Waals surface area contributed by atoms with E-state index in [4.69, 9.17) is 4.52 Å². The number of amides is 2. The molecule has 1 N–H and O–H groups in total. The lowest BCUT2D eigenvalue weighted by molar-refractivity contribution is -0.117. The van der Waals surface area contributed by atoms with Gasteiger partial charge in [-0.25, -0.2) is 0 Å². The number of aryl methyl sites for hydroxylation is 1. The molecule has 2 heterocycles. The highest BCUT2D eigenvalue weighted by Crippen LogP contribution is 2.21. The van der Waals surface area contributed by atoms with Gasteiger partial charge in [-0.2, -0.15) is 4.98 Å². The van der Waals surface area contributed by atoms with Gasteiger partial charge in [0.25, 0.3) is 5.91 Å². The largest absolute Gasteiger partial charge is 0.343 e. The van der Waals surface area contributed by atoms with Crippen LogP contribution in [0, 0.1) is 6.92 Å². The first kappa shape index (κ1) is 17.9. The Hall–Kier alpha value is -3.48. The number of nitrogens with zero attached hydrogens (tertiary/aromatic N) is 3. The second-order valence-corrected chi connectivity index (χ2v) is 6.76. The topological polar surface area (TPSA) is 88.3 Å². The molecule has 28 heavy (non-hydrogen) atoms. The van der Waals surface area contributed by atoms with Crippen LogP contribution in [0.4, 0.5) is 5.69 Å². The van der Waals surface area contributed by atoms with Gasteiger partial charge in [0.15, 0.2) is 0 Å². The second kappa shape index (κ2) is 7.64. The summed E-state index contributed by atoms with van der Waals surface area (Å²) in [5.41, 5.74) is 3.34. The minimum atomic E-state index is -0.241. The number of aromatic nitrogens is 2. The van der Waals surface area contributed by atoms with E-state index in [2.05, 4.69) is 15.5 Å². The van der Waals surface area contributed by atoms with Crippen LogP contribution >= 0.6 is 0 Å². The summed E-state index contributed by atoms with van der Waals surface area (Å²) in [5, 5.41) is 6.73. The van der Waals surface area contributed by atoms with Crippen LogP contribution in [0.5, 0.6) is 0 Å². The Labute approximate surface area is 162 Å². The Balaban J connectivity index is 1.36. The molecule has 7 heteroatoms. The van der Waals surface area contributed by atoms with Crippen LogP contribution < -0.4 is 10.2 Å². The minimum Gasteiger partial charge on any atom is -0.343 e. The van der Waals surface area contributed by atoms with Crippen molar-refractivity contribution in [1.82, 2.24) is 15.5 Å². The molecular formula is C21H20N4O3. The maximum atomic E-state index is 12.3. The quantitative estimate of drug-likeness (QED) is 0.739. The number of anilines is 1. The fourth-order valence-corrected chi connectivity index (χ4v) is 3.12. The first-order chi connectivity index (χ1) is 13.6. The standard InChI is InChI=1S/C21H20N4O3/c1-14-4-6-15(7-5-14)20-23-18(28-24-20)13-22-21(27)16-8-10-17(11-9-16)25-12-2-3-19(25)26/h4-11H,2-3,12-13H2,1H3,(H,22,27). The van der Waals surface area contributed by atoms with E-state index in [0.29, 0.717) is 23.7 Å². The summed E-state index contributed by atoms with van der Waals surface area (Å²) >= 11 is 0. The predicted molar refractivity (Wildman–Crippen MR) is 104 cm³/mol. The average Bonchev–Trinajstić information content (AvgIpc) is 3.36. The second-order valence-electron chi connectivity index (χ2n) is 6.76. The molecule has 0 atom stereocenters. The third-order valence-corrected chi connectivity index (χ3v) is 4.69. The van der Waals surface area contributed by atoms with Crippen molar-refractivity contribution < 1.29 is 14.1 Å². The van der Waals surface area contributed by atoms with Gasteiger partial charge >= 0.3 is 0 Å². The van der Waals surface area contributed by atoms with Gasteiger partial charge < -0.3 is 14.7 Å². The number of hydrogen-bond acceptors (Lipinski definition) is 5. The van der Waals surface area contributed by atoms with Gasteiger partial charge in [-0.3, -0.25) is 9.59 Å². The van der Waals surface area contributed by atoms with E-state index in [0.717, 1.165) is 29.8 Å². The van der Waals surface area contributed by atoms with Crippen LogP contribution in [0.2, 0.25) is 0 Å². The van der Waals surface area contributed by atoms with E-state index >= 15 is 0 Å². The summed E-state index contributed by atoms with van der Waals surface area (Å²) < 4.78 is 5.21. The van der Waals surface area contributed by atoms with Gasteiger partial charge in [0, 0.05) is 29.8 Å². The summed E-state index contributed by atoms with van der Waals surface area (Å²) in [4.78, 5) is 30.2. The molecule has 0 radical (unpaired) electrons. The summed E-state index contributed by atoms with van der Waals surface area (Å²) in [5.74, 6) is 0.708. The van der Waals surface area contributed by atoms with E-state index in [1.165, 1.54) is 0 Å². The van der Waals surface area contributed by atoms with Gasteiger partial charge in [0.1, 0.15) is 0 Å². The van der Waals surface area contributed by atoms with Crippen molar-refractivity contribution in [3.05, 3.63) is 65.5 Å². The number of benzene rings is 2. The van der Waals surface area contributed by atoms with Crippen molar-refractivity contribution in [1.29, 1.82) is 0 Å². The van der Waals surface area contributed by atoms with Crippen LogP contribution in [0.15, 0.2) is 53.1 Å². The van der Waals surface area contributed by atoms with E-state index in [1.807, 2.05) is 31.2 Å². The van der Waals surface area contributed by atoms with Gasteiger partial charge in [-0.05, 0) is 37.6 Å². The first-order valence-corrected chi connectivity index (χ1v) is 9.18. The number of carbonyl (C=O) groups is 2. The predicted octanol–water partition coefficient (Wildman–Crippen LogP) is 3.10. The van der Waals surface area contributed by atoms with Crippen molar-refractivity contribution in [3.63, 3.8) is 0 Å². The molecule has 1 saturated heterocycles. The molecule has 0 saturated carbocycles. The van der Waals surface area contributed by atoms with Crippen LogP contribution in [0.25, 0.3) is 11.4 Å². The SMILES string of the molecule is Cc1ccc(-c2noc(CNC(=O)c3ccc(N4CCCC4=O)cc3)n2)cc1. The lowest BCUT2D eigenvalue weighted by atomic mass is 10.1. The zero-order valence-corrected chi connectivity index (χ0v) is 15.5. The van der Waals surface area contributed by atoms with Crippen molar-refractivity contribution in [2.75, 3.05) is 11.4 Å². The van der Waals surface area contributed by atoms with E-state index < -0.39 is 0 Å².